The van der Waals surface area contributed by atoms with Crippen molar-refractivity contribution in [1.29, 1.82) is 5.26 Å². The summed E-state index contributed by atoms with van der Waals surface area (Å²) < 4.78 is 5.39. The molecule has 4 rings (SSSR count). The number of fused-ring (bicyclic) bond motifs is 1. The van der Waals surface area contributed by atoms with Crippen LogP contribution in [0.25, 0.3) is 11.0 Å². The molecule has 1 saturated heterocycles. The fourth-order valence-electron chi connectivity index (χ4n) is 3.98. The van der Waals surface area contributed by atoms with Gasteiger partial charge < -0.3 is 4.42 Å². The smallest absolute Gasteiger partial charge is 0.336 e. The summed E-state index contributed by atoms with van der Waals surface area (Å²) in [6.45, 7) is 7.43. The molecule has 0 radical (unpaired) electrons. The van der Waals surface area contributed by atoms with Crippen LogP contribution >= 0.6 is 0 Å². The molecule has 0 unspecified atom stereocenters. The lowest BCUT2D eigenvalue weighted by Crippen LogP contribution is -2.45. The van der Waals surface area contributed by atoms with Gasteiger partial charge in [0.15, 0.2) is 0 Å². The molecular formula is C24H25N3O2. The summed E-state index contributed by atoms with van der Waals surface area (Å²) in [4.78, 5) is 16.8. The van der Waals surface area contributed by atoms with Gasteiger partial charge in [-0.05, 0) is 41.3 Å². The Balaban J connectivity index is 1.45. The Bertz CT molecular complexity index is 1110. The van der Waals surface area contributed by atoms with E-state index >= 15 is 0 Å². The molecule has 1 fully saturated rings. The van der Waals surface area contributed by atoms with Gasteiger partial charge in [-0.2, -0.15) is 5.26 Å². The van der Waals surface area contributed by atoms with Gasteiger partial charge in [0.1, 0.15) is 5.58 Å². The molecule has 0 spiro atoms. The molecule has 1 aliphatic rings. The Morgan fingerprint density at radius 2 is 1.66 bits per heavy atom. The van der Waals surface area contributed by atoms with E-state index in [-0.39, 0.29) is 5.63 Å². The molecule has 0 N–H and O–H groups in total. The van der Waals surface area contributed by atoms with Gasteiger partial charge in [0.2, 0.25) is 0 Å². The number of rotatable bonds is 5. The summed E-state index contributed by atoms with van der Waals surface area (Å²) in [7, 11) is 0. The Morgan fingerprint density at radius 3 is 2.34 bits per heavy atom. The predicted octanol–water partition coefficient (Wildman–Crippen LogP) is 3.54. The van der Waals surface area contributed by atoms with Gasteiger partial charge in [-0.3, -0.25) is 9.80 Å². The van der Waals surface area contributed by atoms with Crippen LogP contribution in [0.4, 0.5) is 0 Å². The molecule has 1 aromatic heterocycles. The highest BCUT2D eigenvalue weighted by Gasteiger charge is 2.19. The van der Waals surface area contributed by atoms with Crippen molar-refractivity contribution in [2.45, 2.75) is 26.4 Å². The first-order valence-electron chi connectivity index (χ1n) is 10.1. The van der Waals surface area contributed by atoms with Crippen LogP contribution in [0.5, 0.6) is 0 Å². The zero-order valence-electron chi connectivity index (χ0n) is 16.7. The van der Waals surface area contributed by atoms with E-state index in [1.54, 1.807) is 6.07 Å². The highest BCUT2D eigenvalue weighted by Crippen LogP contribution is 2.21. The molecule has 29 heavy (non-hydrogen) atoms. The predicted molar refractivity (Wildman–Crippen MR) is 114 cm³/mol. The second kappa shape index (κ2) is 8.60. The van der Waals surface area contributed by atoms with Crippen LogP contribution in [-0.2, 0) is 19.5 Å². The lowest BCUT2D eigenvalue weighted by atomic mass is 10.0. The Kier molecular flexibility index (Phi) is 5.75. The van der Waals surface area contributed by atoms with Crippen LogP contribution in [0.3, 0.4) is 0 Å². The molecule has 1 aliphatic heterocycles. The minimum atomic E-state index is -0.288. The first kappa shape index (κ1) is 19.4. The molecule has 0 aliphatic carbocycles. The minimum absolute atomic E-state index is 0.288. The van der Waals surface area contributed by atoms with Crippen LogP contribution in [0.1, 0.15) is 29.2 Å². The largest absolute Gasteiger partial charge is 0.423 e. The molecule has 0 bridgehead atoms. The zero-order valence-corrected chi connectivity index (χ0v) is 16.7. The Hall–Kier alpha value is -2.94. The Labute approximate surface area is 170 Å². The van der Waals surface area contributed by atoms with Gasteiger partial charge in [0.05, 0.1) is 11.6 Å². The van der Waals surface area contributed by atoms with Crippen LogP contribution in [-0.4, -0.2) is 36.0 Å². The summed E-state index contributed by atoms with van der Waals surface area (Å²) in [6.07, 6.45) is 0.956. The third-order valence-electron chi connectivity index (χ3n) is 5.69. The quantitative estimate of drug-likeness (QED) is 0.627. The van der Waals surface area contributed by atoms with E-state index in [0.29, 0.717) is 5.58 Å². The highest BCUT2D eigenvalue weighted by atomic mass is 16.4. The molecule has 0 amide bonds. The van der Waals surface area contributed by atoms with Crippen LogP contribution in [0.2, 0.25) is 0 Å². The van der Waals surface area contributed by atoms with Gasteiger partial charge in [0, 0.05) is 50.7 Å². The van der Waals surface area contributed by atoms with Gasteiger partial charge in [-0.25, -0.2) is 4.79 Å². The SMILES string of the molecule is CCc1ccc2oc(=O)cc(CN3CCN(Cc4ccccc4C#N)CC3)c2c1. The van der Waals surface area contributed by atoms with E-state index in [0.717, 1.165) is 67.8 Å². The van der Waals surface area contributed by atoms with Crippen molar-refractivity contribution in [3.8, 4) is 6.07 Å². The van der Waals surface area contributed by atoms with Gasteiger partial charge in [0.25, 0.3) is 0 Å². The molecule has 5 nitrogen and oxygen atoms in total. The summed E-state index contributed by atoms with van der Waals surface area (Å²) in [6, 6.07) is 17.8. The normalized spacial score (nSPS) is 15.4. The Morgan fingerprint density at radius 1 is 0.966 bits per heavy atom. The number of hydrogen-bond donors (Lipinski definition) is 0. The number of piperazine rings is 1. The van der Waals surface area contributed by atoms with Crippen molar-refractivity contribution < 1.29 is 4.42 Å². The molecule has 5 heteroatoms. The summed E-state index contributed by atoms with van der Waals surface area (Å²) in [5.41, 5.74) is 4.50. The molecule has 0 atom stereocenters. The van der Waals surface area contributed by atoms with Crippen molar-refractivity contribution in [2.75, 3.05) is 26.2 Å². The van der Waals surface area contributed by atoms with E-state index in [1.165, 1.54) is 5.56 Å². The maximum Gasteiger partial charge on any atom is 0.336 e. The van der Waals surface area contributed by atoms with Crippen LogP contribution in [0.15, 0.2) is 57.7 Å². The second-order valence-electron chi connectivity index (χ2n) is 7.60. The summed E-state index contributed by atoms with van der Waals surface area (Å²) in [5, 5.41) is 10.3. The topological polar surface area (TPSA) is 60.5 Å². The first-order chi connectivity index (χ1) is 14.2. The number of benzene rings is 2. The van der Waals surface area contributed by atoms with Gasteiger partial charge >= 0.3 is 5.63 Å². The monoisotopic (exact) mass is 387 g/mol. The average molecular weight is 387 g/mol. The zero-order chi connectivity index (χ0) is 20.2. The maximum absolute atomic E-state index is 12.0. The molecule has 3 aromatic rings. The fraction of sp³-hybridized carbons (Fsp3) is 0.333. The first-order valence-corrected chi connectivity index (χ1v) is 10.1. The van der Waals surface area contributed by atoms with Gasteiger partial charge in [-0.1, -0.05) is 31.2 Å². The minimum Gasteiger partial charge on any atom is -0.423 e. The molecule has 2 heterocycles. The average Bonchev–Trinajstić information content (AvgIpc) is 2.75. The summed E-state index contributed by atoms with van der Waals surface area (Å²) in [5.74, 6) is 0. The lowest BCUT2D eigenvalue weighted by molar-refractivity contribution is 0.122. The van der Waals surface area contributed by atoms with Crippen LogP contribution in [0, 0.1) is 11.3 Å². The molecule has 148 valence electrons. The van der Waals surface area contributed by atoms with Crippen molar-refractivity contribution in [3.63, 3.8) is 0 Å². The van der Waals surface area contributed by atoms with E-state index in [9.17, 15) is 10.1 Å². The van der Waals surface area contributed by atoms with Crippen molar-refractivity contribution in [3.05, 3.63) is 81.2 Å². The van der Waals surface area contributed by atoms with Crippen molar-refractivity contribution >= 4 is 11.0 Å². The van der Waals surface area contributed by atoms with Crippen molar-refractivity contribution in [1.82, 2.24) is 9.80 Å². The standard InChI is InChI=1S/C24H25N3O2/c1-2-18-7-8-23-22(13-18)21(14-24(28)29-23)17-27-11-9-26(10-12-27)16-20-6-4-3-5-19(20)15-25/h3-8,13-14H,2,9-12,16-17H2,1H3. The number of aryl methyl sites for hydroxylation is 1. The number of nitrogens with zero attached hydrogens (tertiary/aromatic N) is 3. The fourth-order valence-corrected chi connectivity index (χ4v) is 3.98. The summed E-state index contributed by atoms with van der Waals surface area (Å²) >= 11 is 0. The molecular weight excluding hydrogens is 362 g/mol. The van der Waals surface area contributed by atoms with Crippen LogP contribution < -0.4 is 5.63 Å². The number of hydrogen-bond acceptors (Lipinski definition) is 5. The third-order valence-corrected chi connectivity index (χ3v) is 5.69. The van der Waals surface area contributed by atoms with E-state index < -0.39 is 0 Å². The highest BCUT2D eigenvalue weighted by molar-refractivity contribution is 5.80. The molecule has 0 saturated carbocycles. The van der Waals surface area contributed by atoms with Gasteiger partial charge in [-0.15, -0.1) is 0 Å². The second-order valence-corrected chi connectivity index (χ2v) is 7.60. The van der Waals surface area contributed by atoms with Crippen molar-refractivity contribution in [2.24, 2.45) is 0 Å². The molecule has 2 aromatic carbocycles. The van der Waals surface area contributed by atoms with E-state index in [1.807, 2.05) is 36.4 Å². The number of nitriles is 1. The lowest BCUT2D eigenvalue weighted by Gasteiger charge is -2.35. The maximum atomic E-state index is 12.0. The third kappa shape index (κ3) is 4.40. The van der Waals surface area contributed by atoms with E-state index in [4.69, 9.17) is 4.42 Å². The van der Waals surface area contributed by atoms with E-state index in [2.05, 4.69) is 28.9 Å².